The standard InChI is InChI=1S/C15H13ClF2O/c16-13-3-1-11(2-4-13)12(9-19)5-10-6-14(17)8-15(18)7-10/h1-4,6-8,12,19H,5,9H2. The smallest absolute Gasteiger partial charge is 0.126 e. The van der Waals surface area contributed by atoms with Gasteiger partial charge in [-0.05, 0) is 41.8 Å². The average molecular weight is 283 g/mol. The van der Waals surface area contributed by atoms with E-state index in [1.807, 2.05) is 0 Å². The molecule has 2 rings (SSSR count). The molecule has 0 saturated carbocycles. The quantitative estimate of drug-likeness (QED) is 0.901. The van der Waals surface area contributed by atoms with Crippen LogP contribution in [-0.4, -0.2) is 11.7 Å². The van der Waals surface area contributed by atoms with Gasteiger partial charge in [-0.25, -0.2) is 8.78 Å². The highest BCUT2D eigenvalue weighted by molar-refractivity contribution is 6.30. The molecule has 1 nitrogen and oxygen atoms in total. The van der Waals surface area contributed by atoms with Crippen LogP contribution in [0.25, 0.3) is 0 Å². The van der Waals surface area contributed by atoms with Gasteiger partial charge in [0.1, 0.15) is 11.6 Å². The third kappa shape index (κ3) is 3.75. The molecular formula is C15H13ClF2O. The molecule has 0 aromatic heterocycles. The summed E-state index contributed by atoms with van der Waals surface area (Å²) in [5.41, 5.74) is 1.41. The third-order valence-electron chi connectivity index (χ3n) is 2.97. The fraction of sp³-hybridized carbons (Fsp3) is 0.200. The highest BCUT2D eigenvalue weighted by Gasteiger charge is 2.12. The zero-order valence-electron chi connectivity index (χ0n) is 10.1. The van der Waals surface area contributed by atoms with Crippen LogP contribution in [0, 0.1) is 11.6 Å². The second kappa shape index (κ2) is 6.13. The number of hydrogen-bond acceptors (Lipinski definition) is 1. The molecule has 0 saturated heterocycles. The maximum atomic E-state index is 13.1. The van der Waals surface area contributed by atoms with Gasteiger partial charge in [-0.3, -0.25) is 0 Å². The van der Waals surface area contributed by atoms with E-state index in [1.165, 1.54) is 12.1 Å². The number of rotatable bonds is 4. The summed E-state index contributed by atoms with van der Waals surface area (Å²) in [4.78, 5) is 0. The van der Waals surface area contributed by atoms with Crippen LogP contribution < -0.4 is 0 Å². The molecule has 100 valence electrons. The Balaban J connectivity index is 2.21. The molecule has 0 spiro atoms. The lowest BCUT2D eigenvalue weighted by Crippen LogP contribution is -2.08. The summed E-state index contributed by atoms with van der Waals surface area (Å²) in [6.07, 6.45) is 0.368. The van der Waals surface area contributed by atoms with E-state index >= 15 is 0 Å². The van der Waals surface area contributed by atoms with E-state index in [4.69, 9.17) is 11.6 Å². The van der Waals surface area contributed by atoms with Crippen LogP contribution in [-0.2, 0) is 6.42 Å². The first-order valence-electron chi connectivity index (χ1n) is 5.90. The maximum Gasteiger partial charge on any atom is 0.126 e. The van der Waals surface area contributed by atoms with Crippen molar-refractivity contribution in [1.82, 2.24) is 0 Å². The zero-order valence-corrected chi connectivity index (χ0v) is 10.9. The molecule has 1 N–H and O–H groups in total. The van der Waals surface area contributed by atoms with E-state index in [1.54, 1.807) is 24.3 Å². The van der Waals surface area contributed by atoms with Crippen LogP contribution in [0.15, 0.2) is 42.5 Å². The van der Waals surface area contributed by atoms with Gasteiger partial charge in [-0.2, -0.15) is 0 Å². The third-order valence-corrected chi connectivity index (χ3v) is 3.22. The SMILES string of the molecule is OCC(Cc1cc(F)cc(F)c1)c1ccc(Cl)cc1. The van der Waals surface area contributed by atoms with Crippen molar-refractivity contribution >= 4 is 11.6 Å². The van der Waals surface area contributed by atoms with E-state index in [0.717, 1.165) is 11.6 Å². The van der Waals surface area contributed by atoms with E-state index in [-0.39, 0.29) is 12.5 Å². The Morgan fingerprint density at radius 2 is 1.58 bits per heavy atom. The summed E-state index contributed by atoms with van der Waals surface area (Å²) in [7, 11) is 0. The zero-order chi connectivity index (χ0) is 13.8. The van der Waals surface area contributed by atoms with Gasteiger partial charge in [-0.1, -0.05) is 23.7 Å². The van der Waals surface area contributed by atoms with Crippen molar-refractivity contribution in [3.8, 4) is 0 Å². The first kappa shape index (κ1) is 14.0. The van der Waals surface area contributed by atoms with Gasteiger partial charge in [-0.15, -0.1) is 0 Å². The Morgan fingerprint density at radius 3 is 2.11 bits per heavy atom. The van der Waals surface area contributed by atoms with E-state index in [9.17, 15) is 13.9 Å². The topological polar surface area (TPSA) is 20.2 Å². The molecule has 1 atom stereocenters. The number of halogens is 3. The van der Waals surface area contributed by atoms with E-state index < -0.39 is 11.6 Å². The fourth-order valence-corrected chi connectivity index (χ4v) is 2.16. The van der Waals surface area contributed by atoms with Gasteiger partial charge in [0.05, 0.1) is 6.61 Å². The number of aliphatic hydroxyl groups excluding tert-OH is 1. The highest BCUT2D eigenvalue weighted by Crippen LogP contribution is 2.23. The van der Waals surface area contributed by atoms with Gasteiger partial charge in [0, 0.05) is 17.0 Å². The summed E-state index contributed by atoms with van der Waals surface area (Å²) in [6.45, 7) is -0.0975. The molecule has 0 radical (unpaired) electrons. The van der Waals surface area contributed by atoms with Crippen LogP contribution in [0.5, 0.6) is 0 Å². The molecule has 4 heteroatoms. The first-order valence-corrected chi connectivity index (χ1v) is 6.27. The lowest BCUT2D eigenvalue weighted by Gasteiger charge is -2.15. The summed E-state index contributed by atoms with van der Waals surface area (Å²) in [5.74, 6) is -1.43. The lowest BCUT2D eigenvalue weighted by molar-refractivity contribution is 0.264. The minimum atomic E-state index is -0.609. The van der Waals surface area contributed by atoms with Gasteiger partial charge in [0.25, 0.3) is 0 Å². The summed E-state index contributed by atoms with van der Waals surface area (Å²) < 4.78 is 26.2. The van der Waals surface area contributed by atoms with Crippen LogP contribution in [0.4, 0.5) is 8.78 Å². The molecule has 0 fully saturated rings. The molecule has 0 amide bonds. The molecule has 19 heavy (non-hydrogen) atoms. The predicted molar refractivity (Wildman–Crippen MR) is 71.3 cm³/mol. The van der Waals surface area contributed by atoms with Crippen LogP contribution in [0.3, 0.4) is 0 Å². The average Bonchev–Trinajstić information content (AvgIpc) is 2.36. The van der Waals surface area contributed by atoms with Crippen molar-refractivity contribution in [2.24, 2.45) is 0 Å². The molecule has 0 bridgehead atoms. The Kier molecular flexibility index (Phi) is 4.51. The van der Waals surface area contributed by atoms with Crippen molar-refractivity contribution in [3.05, 3.63) is 70.2 Å². The predicted octanol–water partition coefficient (Wildman–Crippen LogP) is 3.94. The van der Waals surface area contributed by atoms with Gasteiger partial charge in [0.15, 0.2) is 0 Å². The molecule has 2 aromatic rings. The molecular weight excluding hydrogens is 270 g/mol. The fourth-order valence-electron chi connectivity index (χ4n) is 2.04. The van der Waals surface area contributed by atoms with Crippen molar-refractivity contribution in [3.63, 3.8) is 0 Å². The van der Waals surface area contributed by atoms with Gasteiger partial charge >= 0.3 is 0 Å². The normalized spacial score (nSPS) is 12.4. The molecule has 2 aromatic carbocycles. The Hall–Kier alpha value is -1.45. The largest absolute Gasteiger partial charge is 0.396 e. The van der Waals surface area contributed by atoms with Crippen molar-refractivity contribution in [2.75, 3.05) is 6.61 Å². The van der Waals surface area contributed by atoms with Crippen molar-refractivity contribution < 1.29 is 13.9 Å². The molecule has 0 aliphatic rings. The molecule has 0 heterocycles. The number of hydrogen-bond donors (Lipinski definition) is 1. The second-order valence-electron chi connectivity index (χ2n) is 4.41. The van der Waals surface area contributed by atoms with Crippen LogP contribution >= 0.6 is 11.6 Å². The van der Waals surface area contributed by atoms with Crippen molar-refractivity contribution in [1.29, 1.82) is 0 Å². The van der Waals surface area contributed by atoms with Gasteiger partial charge < -0.3 is 5.11 Å². The maximum absolute atomic E-state index is 13.1. The minimum absolute atomic E-state index is 0.0975. The molecule has 0 aliphatic carbocycles. The summed E-state index contributed by atoms with van der Waals surface area (Å²) >= 11 is 5.80. The lowest BCUT2D eigenvalue weighted by atomic mass is 9.92. The minimum Gasteiger partial charge on any atom is -0.396 e. The Morgan fingerprint density at radius 1 is 1.00 bits per heavy atom. The monoisotopic (exact) mass is 282 g/mol. The van der Waals surface area contributed by atoms with Crippen LogP contribution in [0.2, 0.25) is 5.02 Å². The van der Waals surface area contributed by atoms with E-state index in [0.29, 0.717) is 17.0 Å². The van der Waals surface area contributed by atoms with E-state index in [2.05, 4.69) is 0 Å². The van der Waals surface area contributed by atoms with Gasteiger partial charge in [0.2, 0.25) is 0 Å². The highest BCUT2D eigenvalue weighted by atomic mass is 35.5. The van der Waals surface area contributed by atoms with Crippen LogP contribution in [0.1, 0.15) is 17.0 Å². The molecule has 1 unspecified atom stereocenters. The Bertz CT molecular complexity index is 534. The first-order chi connectivity index (χ1) is 9.08. The summed E-state index contributed by atoms with van der Waals surface area (Å²) in [6, 6.07) is 10.5. The van der Waals surface area contributed by atoms with Crippen molar-refractivity contribution in [2.45, 2.75) is 12.3 Å². The Labute approximate surface area is 115 Å². The number of benzene rings is 2. The number of aliphatic hydroxyl groups is 1. The summed E-state index contributed by atoms with van der Waals surface area (Å²) in [5, 5.41) is 10.0. The molecule has 0 aliphatic heterocycles. The second-order valence-corrected chi connectivity index (χ2v) is 4.85.